The van der Waals surface area contributed by atoms with Crippen LogP contribution in [0.1, 0.15) is 66.2 Å². The zero-order chi connectivity index (χ0) is 20.3. The average Bonchev–Trinajstić information content (AvgIpc) is 2.92. The van der Waals surface area contributed by atoms with E-state index < -0.39 is 5.60 Å². The van der Waals surface area contributed by atoms with E-state index in [1.165, 1.54) is 13.8 Å². The smallest absolute Gasteiger partial charge is 0.307 e. The average molecular weight is 407 g/mol. The molecule has 0 aromatic heterocycles. The molecule has 0 amide bonds. The standard InChI is InChI=1S/C23H31ClO4/c1-14(25)27-20-8-7-17-16-13-19(24)23(28-15(2)26)11-6-5-10-22(23,4)18(16)9-12-21(17,20)3/h5-6,8,16-19H,7,9-13H2,1-4H3/t16-,17-,18-,19+,21-,22+,23-/m0/s1. The van der Waals surface area contributed by atoms with Gasteiger partial charge in [0.2, 0.25) is 0 Å². The maximum atomic E-state index is 12.0. The lowest BCUT2D eigenvalue weighted by atomic mass is 9.44. The minimum atomic E-state index is -0.630. The molecule has 4 aliphatic rings. The van der Waals surface area contributed by atoms with Crippen molar-refractivity contribution in [3.8, 4) is 0 Å². The Morgan fingerprint density at radius 1 is 1.11 bits per heavy atom. The number of halogens is 1. The first-order chi connectivity index (χ1) is 13.1. The van der Waals surface area contributed by atoms with Gasteiger partial charge in [-0.15, -0.1) is 11.6 Å². The van der Waals surface area contributed by atoms with Gasteiger partial charge in [0.05, 0.1) is 5.38 Å². The van der Waals surface area contributed by atoms with E-state index in [9.17, 15) is 9.59 Å². The normalized spacial score (nSPS) is 46.7. The third-order valence-electron chi connectivity index (χ3n) is 8.43. The molecule has 0 aromatic carbocycles. The van der Waals surface area contributed by atoms with Crippen LogP contribution in [0.15, 0.2) is 24.0 Å². The van der Waals surface area contributed by atoms with Crippen LogP contribution in [0.2, 0.25) is 0 Å². The van der Waals surface area contributed by atoms with Crippen LogP contribution in [0.4, 0.5) is 0 Å². The molecule has 0 unspecified atom stereocenters. The van der Waals surface area contributed by atoms with Gasteiger partial charge in [-0.3, -0.25) is 9.59 Å². The number of alkyl halides is 1. The highest BCUT2D eigenvalue weighted by molar-refractivity contribution is 6.21. The molecule has 0 N–H and O–H groups in total. The highest BCUT2D eigenvalue weighted by Gasteiger charge is 2.67. The molecule has 4 nitrogen and oxygen atoms in total. The second kappa shape index (κ2) is 6.62. The molecule has 5 heteroatoms. The minimum absolute atomic E-state index is 0.105. The molecule has 28 heavy (non-hydrogen) atoms. The van der Waals surface area contributed by atoms with E-state index in [0.717, 1.165) is 37.9 Å². The molecule has 0 aromatic rings. The summed E-state index contributed by atoms with van der Waals surface area (Å²) in [7, 11) is 0. The summed E-state index contributed by atoms with van der Waals surface area (Å²) < 4.78 is 11.7. The van der Waals surface area contributed by atoms with E-state index in [1.807, 2.05) is 0 Å². The fourth-order valence-electron chi connectivity index (χ4n) is 7.10. The molecule has 0 bridgehead atoms. The van der Waals surface area contributed by atoms with Gasteiger partial charge in [-0.2, -0.15) is 0 Å². The van der Waals surface area contributed by atoms with Crippen molar-refractivity contribution >= 4 is 23.5 Å². The minimum Gasteiger partial charge on any atom is -0.457 e. The Hall–Kier alpha value is -1.29. The number of allylic oxidation sites excluding steroid dienone is 3. The fourth-order valence-corrected chi connectivity index (χ4v) is 7.69. The Balaban J connectivity index is 1.70. The van der Waals surface area contributed by atoms with Gasteiger partial charge in [0.15, 0.2) is 0 Å². The molecule has 2 fully saturated rings. The monoisotopic (exact) mass is 406 g/mol. The van der Waals surface area contributed by atoms with E-state index >= 15 is 0 Å². The van der Waals surface area contributed by atoms with Gasteiger partial charge in [0.1, 0.15) is 11.4 Å². The van der Waals surface area contributed by atoms with Crippen LogP contribution in [0.5, 0.6) is 0 Å². The summed E-state index contributed by atoms with van der Waals surface area (Å²) in [5.74, 6) is 1.65. The first-order valence-electron chi connectivity index (χ1n) is 10.5. The van der Waals surface area contributed by atoms with Gasteiger partial charge in [0, 0.05) is 31.1 Å². The summed E-state index contributed by atoms with van der Waals surface area (Å²) in [6, 6.07) is 0. The van der Waals surface area contributed by atoms with Gasteiger partial charge in [-0.25, -0.2) is 0 Å². The predicted octanol–water partition coefficient (Wildman–Crippen LogP) is 5.16. The van der Waals surface area contributed by atoms with Crippen molar-refractivity contribution in [2.24, 2.45) is 28.6 Å². The lowest BCUT2D eigenvalue weighted by Gasteiger charge is -2.64. The van der Waals surface area contributed by atoms with Crippen LogP contribution >= 0.6 is 11.6 Å². The number of rotatable bonds is 2. The summed E-state index contributed by atoms with van der Waals surface area (Å²) in [6.45, 7) is 7.49. The van der Waals surface area contributed by atoms with E-state index in [4.69, 9.17) is 21.1 Å². The summed E-state index contributed by atoms with van der Waals surface area (Å²) in [5.41, 5.74) is -0.908. The van der Waals surface area contributed by atoms with Crippen LogP contribution in [0.25, 0.3) is 0 Å². The summed E-state index contributed by atoms with van der Waals surface area (Å²) >= 11 is 7.04. The van der Waals surface area contributed by atoms with Crippen LogP contribution in [0, 0.1) is 28.6 Å². The Labute approximate surface area is 172 Å². The summed E-state index contributed by atoms with van der Waals surface area (Å²) in [6.07, 6.45) is 11.8. The van der Waals surface area contributed by atoms with E-state index in [1.54, 1.807) is 0 Å². The predicted molar refractivity (Wildman–Crippen MR) is 108 cm³/mol. The van der Waals surface area contributed by atoms with Gasteiger partial charge < -0.3 is 9.47 Å². The maximum absolute atomic E-state index is 12.0. The number of esters is 2. The molecule has 4 rings (SSSR count). The van der Waals surface area contributed by atoms with Crippen molar-refractivity contribution in [3.63, 3.8) is 0 Å². The van der Waals surface area contributed by atoms with Crippen molar-refractivity contribution in [1.29, 1.82) is 0 Å². The lowest BCUT2D eigenvalue weighted by molar-refractivity contribution is -0.210. The third kappa shape index (κ3) is 2.63. The van der Waals surface area contributed by atoms with Crippen molar-refractivity contribution in [2.75, 3.05) is 0 Å². The Kier molecular flexibility index (Phi) is 4.73. The zero-order valence-corrected chi connectivity index (χ0v) is 18.1. The number of hydrogen-bond acceptors (Lipinski definition) is 4. The topological polar surface area (TPSA) is 52.6 Å². The third-order valence-corrected chi connectivity index (χ3v) is 8.96. The van der Waals surface area contributed by atoms with Crippen molar-refractivity contribution in [3.05, 3.63) is 24.0 Å². The van der Waals surface area contributed by atoms with Crippen molar-refractivity contribution in [1.82, 2.24) is 0 Å². The first kappa shape index (κ1) is 20.0. The zero-order valence-electron chi connectivity index (χ0n) is 17.3. The highest BCUT2D eigenvalue weighted by Crippen LogP contribution is 2.68. The number of carbonyl (C=O) groups excluding carboxylic acids is 2. The molecule has 154 valence electrons. The Morgan fingerprint density at radius 3 is 2.50 bits per heavy atom. The van der Waals surface area contributed by atoms with Crippen LogP contribution in [-0.2, 0) is 19.1 Å². The largest absolute Gasteiger partial charge is 0.457 e. The van der Waals surface area contributed by atoms with Crippen LogP contribution in [-0.4, -0.2) is 22.9 Å². The Morgan fingerprint density at radius 2 is 1.82 bits per heavy atom. The van der Waals surface area contributed by atoms with E-state index in [-0.39, 0.29) is 28.1 Å². The quantitative estimate of drug-likeness (QED) is 0.361. The van der Waals surface area contributed by atoms with Gasteiger partial charge in [0.25, 0.3) is 0 Å². The summed E-state index contributed by atoms with van der Waals surface area (Å²) in [5, 5.41) is -0.215. The van der Waals surface area contributed by atoms with Crippen molar-refractivity contribution < 1.29 is 19.1 Å². The van der Waals surface area contributed by atoms with Crippen molar-refractivity contribution in [2.45, 2.75) is 77.2 Å². The van der Waals surface area contributed by atoms with Gasteiger partial charge >= 0.3 is 11.9 Å². The van der Waals surface area contributed by atoms with Gasteiger partial charge in [-0.1, -0.05) is 26.0 Å². The molecule has 0 aliphatic heterocycles. The second-order valence-electron chi connectivity index (χ2n) is 9.71. The summed E-state index contributed by atoms with van der Waals surface area (Å²) in [4.78, 5) is 23.6. The molecule has 2 saturated carbocycles. The molecular formula is C23H31ClO4. The van der Waals surface area contributed by atoms with Crippen LogP contribution < -0.4 is 0 Å². The number of fused-ring (bicyclic) bond motifs is 5. The molecule has 4 aliphatic carbocycles. The number of ether oxygens (including phenoxy) is 2. The van der Waals surface area contributed by atoms with E-state index in [2.05, 4.69) is 32.1 Å². The molecular weight excluding hydrogens is 376 g/mol. The Bertz CT molecular complexity index is 758. The van der Waals surface area contributed by atoms with Gasteiger partial charge in [-0.05, 0) is 55.9 Å². The number of carbonyl (C=O) groups is 2. The first-order valence-corrected chi connectivity index (χ1v) is 11.0. The molecule has 0 spiro atoms. The molecule has 0 saturated heterocycles. The maximum Gasteiger partial charge on any atom is 0.307 e. The molecule has 0 heterocycles. The lowest BCUT2D eigenvalue weighted by Crippen LogP contribution is -2.66. The molecule has 0 radical (unpaired) electrons. The SMILES string of the molecule is CC(=O)OC1=CC[C@H]2[C@@H]3C[C@@H](Cl)[C@@]4(OC(C)=O)CC=CC[C@]4(C)[C@H]3CC[C@]12C. The number of hydrogen-bond donors (Lipinski definition) is 0. The van der Waals surface area contributed by atoms with E-state index in [0.29, 0.717) is 24.2 Å². The molecule has 7 atom stereocenters. The highest BCUT2D eigenvalue weighted by atomic mass is 35.5. The fraction of sp³-hybridized carbons (Fsp3) is 0.739. The van der Waals surface area contributed by atoms with Crippen LogP contribution in [0.3, 0.4) is 0 Å². The second-order valence-corrected chi connectivity index (χ2v) is 10.2.